The van der Waals surface area contributed by atoms with Gasteiger partial charge in [-0.3, -0.25) is 4.79 Å². The van der Waals surface area contributed by atoms with Crippen LogP contribution >= 0.6 is 11.8 Å². The van der Waals surface area contributed by atoms with Gasteiger partial charge in [0.2, 0.25) is 5.82 Å². The smallest absolute Gasteiger partial charge is 0.302 e. The van der Waals surface area contributed by atoms with Crippen molar-refractivity contribution in [3.05, 3.63) is 29.1 Å². The summed E-state index contributed by atoms with van der Waals surface area (Å²) in [4.78, 5) is 9.55. The highest BCUT2D eigenvalue weighted by Crippen LogP contribution is 2.33. The monoisotopic (exact) mass is 300 g/mol. The Morgan fingerprint density at radius 3 is 1.89 bits per heavy atom. The van der Waals surface area contributed by atoms with Crippen molar-refractivity contribution in [3.63, 3.8) is 0 Å². The molecular weight excluding hydrogens is 291 g/mol. The molecule has 0 aliphatic rings. The highest BCUT2D eigenvalue weighted by molar-refractivity contribution is 8.00. The quantitative estimate of drug-likeness (QED) is 0.280. The van der Waals surface area contributed by atoms with Crippen molar-refractivity contribution in [3.8, 4) is 0 Å². The summed E-state index contributed by atoms with van der Waals surface area (Å²) in [5.41, 5.74) is 0. The first-order valence-corrected chi connectivity index (χ1v) is 5.95. The molecule has 0 aliphatic heterocycles. The van der Waals surface area contributed by atoms with E-state index < -0.39 is 45.2 Å². The second-order valence-corrected chi connectivity index (χ2v) is 5.08. The summed E-state index contributed by atoms with van der Waals surface area (Å²) in [5.74, 6) is -10.6. The fourth-order valence-electron chi connectivity index (χ4n) is 1.16. The topological polar surface area (TPSA) is 26.3 Å². The number of carbonyl (C=O) groups excluding carboxylic acids is 1. The van der Waals surface area contributed by atoms with Crippen molar-refractivity contribution in [2.24, 2.45) is 0 Å². The number of halogens is 5. The molecule has 0 fully saturated rings. The summed E-state index contributed by atoms with van der Waals surface area (Å²) in [6.45, 7) is 2.35. The number of benzene rings is 1. The van der Waals surface area contributed by atoms with Gasteiger partial charge in [-0.15, -0.1) is 11.8 Å². The largest absolute Gasteiger partial charge is 0.465 e. The molecule has 0 spiro atoms. The van der Waals surface area contributed by atoms with Gasteiger partial charge in [0, 0.05) is 12.2 Å². The van der Waals surface area contributed by atoms with E-state index in [1.807, 2.05) is 0 Å². The average Bonchev–Trinajstić information content (AvgIpc) is 2.36. The second-order valence-electron chi connectivity index (χ2n) is 3.63. The average molecular weight is 300 g/mol. The van der Waals surface area contributed by atoms with Crippen LogP contribution in [0.1, 0.15) is 13.8 Å². The molecule has 0 bridgehead atoms. The van der Waals surface area contributed by atoms with Crippen LogP contribution in [0.3, 0.4) is 0 Å². The van der Waals surface area contributed by atoms with Gasteiger partial charge in [0.15, 0.2) is 23.3 Å². The highest BCUT2D eigenvalue weighted by Gasteiger charge is 2.27. The number of hydrogen-bond acceptors (Lipinski definition) is 3. The number of hydrogen-bond donors (Lipinski definition) is 0. The van der Waals surface area contributed by atoms with Gasteiger partial charge in [-0.25, -0.2) is 22.0 Å². The van der Waals surface area contributed by atoms with E-state index in [1.165, 1.54) is 6.92 Å². The summed E-state index contributed by atoms with van der Waals surface area (Å²) in [6, 6.07) is 0. The van der Waals surface area contributed by atoms with E-state index in [0.717, 1.165) is 6.92 Å². The molecule has 19 heavy (non-hydrogen) atoms. The van der Waals surface area contributed by atoms with Gasteiger partial charge in [-0.2, -0.15) is 0 Å². The maximum absolute atomic E-state index is 13.3. The number of rotatable bonds is 4. The van der Waals surface area contributed by atoms with Crippen LogP contribution in [0, 0.1) is 29.1 Å². The molecule has 8 heteroatoms. The summed E-state index contributed by atoms with van der Waals surface area (Å²) in [7, 11) is 0. The highest BCUT2D eigenvalue weighted by atomic mass is 32.2. The minimum absolute atomic E-state index is 0.209. The third-order valence-electron chi connectivity index (χ3n) is 2.01. The summed E-state index contributed by atoms with van der Waals surface area (Å²) in [6.07, 6.45) is 0. The lowest BCUT2D eigenvalue weighted by Crippen LogP contribution is -2.12. The lowest BCUT2D eigenvalue weighted by molar-refractivity contribution is -0.140. The molecule has 0 aliphatic carbocycles. The van der Waals surface area contributed by atoms with Crippen LogP contribution in [0.5, 0.6) is 0 Å². The van der Waals surface area contributed by atoms with Crippen molar-refractivity contribution >= 4 is 17.7 Å². The Hall–Kier alpha value is -1.31. The number of carbonyl (C=O) groups is 1. The zero-order valence-electron chi connectivity index (χ0n) is 9.90. The Bertz CT molecular complexity index is 477. The molecule has 1 unspecified atom stereocenters. The van der Waals surface area contributed by atoms with Crippen LogP contribution in [0.2, 0.25) is 0 Å². The fraction of sp³-hybridized carbons (Fsp3) is 0.364. The van der Waals surface area contributed by atoms with Crippen LogP contribution in [0.25, 0.3) is 0 Å². The van der Waals surface area contributed by atoms with E-state index in [-0.39, 0.29) is 6.61 Å². The molecule has 1 aromatic rings. The predicted octanol–water partition coefficient (Wildman–Crippen LogP) is 3.43. The Kier molecular flexibility index (Phi) is 5.16. The Labute approximate surface area is 109 Å². The Morgan fingerprint density at radius 2 is 1.47 bits per heavy atom. The predicted molar refractivity (Wildman–Crippen MR) is 58.2 cm³/mol. The maximum atomic E-state index is 13.3. The molecule has 0 radical (unpaired) electrons. The molecule has 1 aromatic carbocycles. The van der Waals surface area contributed by atoms with E-state index in [2.05, 4.69) is 4.74 Å². The molecule has 0 heterocycles. The summed E-state index contributed by atoms with van der Waals surface area (Å²) in [5, 5.41) is -0.669. The molecule has 0 N–H and O–H groups in total. The van der Waals surface area contributed by atoms with Crippen LogP contribution in [0.15, 0.2) is 4.90 Å². The normalized spacial score (nSPS) is 12.4. The first-order chi connectivity index (χ1) is 8.75. The van der Waals surface area contributed by atoms with Crippen molar-refractivity contribution in [2.75, 3.05) is 6.61 Å². The zero-order chi connectivity index (χ0) is 14.7. The molecule has 106 valence electrons. The third kappa shape index (κ3) is 3.59. The SMILES string of the molecule is CC(=O)OCC(C)Sc1c(F)c(F)c(F)c(F)c1F. The third-order valence-corrected chi connectivity index (χ3v) is 3.14. The van der Waals surface area contributed by atoms with Gasteiger partial charge < -0.3 is 4.74 Å². The minimum atomic E-state index is -2.20. The lowest BCUT2D eigenvalue weighted by atomic mass is 10.3. The van der Waals surface area contributed by atoms with Gasteiger partial charge in [-0.05, 0) is 6.92 Å². The van der Waals surface area contributed by atoms with Crippen LogP contribution in [0.4, 0.5) is 22.0 Å². The van der Waals surface area contributed by atoms with Gasteiger partial charge in [0.25, 0.3) is 0 Å². The number of esters is 1. The number of ether oxygens (including phenoxy) is 1. The van der Waals surface area contributed by atoms with E-state index in [0.29, 0.717) is 11.8 Å². The minimum Gasteiger partial charge on any atom is -0.465 e. The van der Waals surface area contributed by atoms with Crippen molar-refractivity contribution in [1.29, 1.82) is 0 Å². The molecule has 0 aromatic heterocycles. The molecule has 0 saturated carbocycles. The second kappa shape index (κ2) is 6.23. The van der Waals surface area contributed by atoms with E-state index in [1.54, 1.807) is 0 Å². The van der Waals surface area contributed by atoms with Gasteiger partial charge in [-0.1, -0.05) is 0 Å². The number of thioether (sulfide) groups is 1. The first-order valence-electron chi connectivity index (χ1n) is 5.07. The summed E-state index contributed by atoms with van der Waals surface area (Å²) >= 11 is 0.402. The maximum Gasteiger partial charge on any atom is 0.302 e. The fourth-order valence-corrected chi connectivity index (χ4v) is 2.08. The van der Waals surface area contributed by atoms with Crippen LogP contribution in [-0.4, -0.2) is 17.8 Å². The molecule has 0 saturated heterocycles. The van der Waals surface area contributed by atoms with Gasteiger partial charge in [0.05, 0.1) is 4.90 Å². The summed E-state index contributed by atoms with van der Waals surface area (Å²) < 4.78 is 69.8. The van der Waals surface area contributed by atoms with E-state index in [9.17, 15) is 26.7 Å². The molecule has 0 amide bonds. The molecule has 1 atom stereocenters. The molecular formula is C11H9F5O2S. The molecule has 2 nitrogen and oxygen atoms in total. The first kappa shape index (κ1) is 15.7. The Morgan fingerprint density at radius 1 is 1.05 bits per heavy atom. The Balaban J connectivity index is 2.98. The van der Waals surface area contributed by atoms with Crippen molar-refractivity contribution in [1.82, 2.24) is 0 Å². The zero-order valence-corrected chi connectivity index (χ0v) is 10.7. The van der Waals surface area contributed by atoms with Crippen LogP contribution in [-0.2, 0) is 9.53 Å². The van der Waals surface area contributed by atoms with E-state index in [4.69, 9.17) is 0 Å². The lowest BCUT2D eigenvalue weighted by Gasteiger charge is -2.13. The standard InChI is InChI=1S/C11H9F5O2S/c1-4(3-18-5(2)17)19-11-9(15)7(13)6(12)8(14)10(11)16/h4H,3H2,1-2H3. The van der Waals surface area contributed by atoms with Crippen molar-refractivity contribution < 1.29 is 31.5 Å². The van der Waals surface area contributed by atoms with Gasteiger partial charge >= 0.3 is 5.97 Å². The van der Waals surface area contributed by atoms with E-state index >= 15 is 0 Å². The van der Waals surface area contributed by atoms with Gasteiger partial charge in [0.1, 0.15) is 6.61 Å². The van der Waals surface area contributed by atoms with Crippen LogP contribution < -0.4 is 0 Å². The van der Waals surface area contributed by atoms with Crippen molar-refractivity contribution in [2.45, 2.75) is 24.0 Å². The molecule has 1 rings (SSSR count).